The molecule has 1 amide bonds. The first kappa shape index (κ1) is 16.5. The van der Waals surface area contributed by atoms with Gasteiger partial charge < -0.3 is 10.0 Å². The van der Waals surface area contributed by atoms with Gasteiger partial charge in [-0.1, -0.05) is 23.9 Å². The second-order valence-corrected chi connectivity index (χ2v) is 6.64. The van der Waals surface area contributed by atoms with Crippen LogP contribution < -0.4 is 0 Å². The maximum atomic E-state index is 12.9. The molecule has 1 fully saturated rings. The Morgan fingerprint density at radius 3 is 2.59 bits per heavy atom. The van der Waals surface area contributed by atoms with Crippen LogP contribution in [0.25, 0.3) is 0 Å². The Morgan fingerprint density at radius 2 is 2.05 bits per heavy atom. The average molecular weight is 325 g/mol. The molecule has 0 spiro atoms. The highest BCUT2D eigenvalue weighted by Crippen LogP contribution is 2.26. The number of aliphatic carboxylic acids is 1. The summed E-state index contributed by atoms with van der Waals surface area (Å²) in [6.07, 6.45) is 0.274. The van der Waals surface area contributed by atoms with Gasteiger partial charge in [0.1, 0.15) is 11.9 Å². The van der Waals surface area contributed by atoms with E-state index in [1.807, 2.05) is 0 Å². The van der Waals surface area contributed by atoms with Crippen molar-refractivity contribution in [1.82, 2.24) is 4.90 Å². The first-order valence-electron chi connectivity index (χ1n) is 6.80. The molecule has 1 aromatic rings. The lowest BCUT2D eigenvalue weighted by atomic mass is 10.0. The fourth-order valence-corrected chi connectivity index (χ4v) is 3.42. The molecule has 0 aliphatic carbocycles. The summed E-state index contributed by atoms with van der Waals surface area (Å²) in [5.41, 5.74) is 0.643. The predicted octanol–water partition coefficient (Wildman–Crippen LogP) is 1.70. The second-order valence-electron chi connectivity index (χ2n) is 5.17. The summed E-state index contributed by atoms with van der Waals surface area (Å²) >= 11 is 1.06. The molecule has 7 heteroatoms. The molecular formula is C15H16FNO4S. The van der Waals surface area contributed by atoms with E-state index in [1.54, 1.807) is 0 Å². The zero-order valence-corrected chi connectivity index (χ0v) is 12.8. The molecule has 5 nitrogen and oxygen atoms in total. The van der Waals surface area contributed by atoms with Crippen molar-refractivity contribution >= 4 is 28.8 Å². The summed E-state index contributed by atoms with van der Waals surface area (Å²) in [6.45, 7) is 1.66. The fraction of sp³-hybridized carbons (Fsp3) is 0.400. The van der Waals surface area contributed by atoms with Crippen molar-refractivity contribution in [2.45, 2.75) is 31.1 Å². The third-order valence-electron chi connectivity index (χ3n) is 3.46. The average Bonchev–Trinajstić information content (AvgIpc) is 2.77. The SMILES string of the molecule is CC(=O)SC1CC(=O)N(C(Cc2ccc(F)cc2)C(=O)O)C1. The Labute approximate surface area is 131 Å². The minimum atomic E-state index is -1.11. The van der Waals surface area contributed by atoms with E-state index < -0.39 is 17.8 Å². The topological polar surface area (TPSA) is 74.7 Å². The van der Waals surface area contributed by atoms with E-state index in [0.717, 1.165) is 11.8 Å². The van der Waals surface area contributed by atoms with Crippen molar-refractivity contribution in [2.24, 2.45) is 0 Å². The Kier molecular flexibility index (Phi) is 5.18. The summed E-state index contributed by atoms with van der Waals surface area (Å²) in [4.78, 5) is 35.9. The molecule has 2 rings (SSSR count). The van der Waals surface area contributed by atoms with Crippen LogP contribution in [0.2, 0.25) is 0 Å². The van der Waals surface area contributed by atoms with Crippen LogP contribution in [-0.4, -0.2) is 44.8 Å². The maximum absolute atomic E-state index is 12.9. The zero-order valence-electron chi connectivity index (χ0n) is 12.0. The van der Waals surface area contributed by atoms with Crippen LogP contribution in [0.5, 0.6) is 0 Å². The smallest absolute Gasteiger partial charge is 0.326 e. The molecule has 0 bridgehead atoms. The molecule has 2 unspecified atom stereocenters. The van der Waals surface area contributed by atoms with Gasteiger partial charge in [0.05, 0.1) is 0 Å². The van der Waals surface area contributed by atoms with Gasteiger partial charge in [-0.15, -0.1) is 0 Å². The molecule has 1 heterocycles. The molecular weight excluding hydrogens is 309 g/mol. The molecule has 0 radical (unpaired) electrons. The van der Waals surface area contributed by atoms with Gasteiger partial charge in [0.15, 0.2) is 5.12 Å². The minimum absolute atomic E-state index is 0.0925. The predicted molar refractivity (Wildman–Crippen MR) is 79.9 cm³/mol. The van der Waals surface area contributed by atoms with Gasteiger partial charge in [-0.3, -0.25) is 9.59 Å². The van der Waals surface area contributed by atoms with Crippen molar-refractivity contribution in [3.05, 3.63) is 35.6 Å². The Bertz CT molecular complexity index is 590. The lowest BCUT2D eigenvalue weighted by Crippen LogP contribution is -2.43. The lowest BCUT2D eigenvalue weighted by Gasteiger charge is -2.24. The number of hydrogen-bond acceptors (Lipinski definition) is 4. The van der Waals surface area contributed by atoms with Crippen LogP contribution in [-0.2, 0) is 20.8 Å². The molecule has 1 aliphatic heterocycles. The van der Waals surface area contributed by atoms with Crippen molar-refractivity contribution < 1.29 is 23.9 Å². The number of carboxylic acid groups (broad SMARTS) is 1. The molecule has 1 aliphatic rings. The van der Waals surface area contributed by atoms with Crippen LogP contribution in [0.4, 0.5) is 4.39 Å². The second kappa shape index (κ2) is 6.91. The first-order chi connectivity index (χ1) is 10.4. The van der Waals surface area contributed by atoms with Crippen molar-refractivity contribution in [3.8, 4) is 0 Å². The Morgan fingerprint density at radius 1 is 1.41 bits per heavy atom. The number of carbonyl (C=O) groups excluding carboxylic acids is 2. The number of halogens is 1. The number of carboxylic acids is 1. The van der Waals surface area contributed by atoms with E-state index in [9.17, 15) is 23.9 Å². The number of thioether (sulfide) groups is 1. The van der Waals surface area contributed by atoms with Crippen molar-refractivity contribution in [1.29, 1.82) is 0 Å². The number of amides is 1. The summed E-state index contributed by atoms with van der Waals surface area (Å²) in [5, 5.41) is 9.09. The monoisotopic (exact) mass is 325 g/mol. The van der Waals surface area contributed by atoms with E-state index in [2.05, 4.69) is 0 Å². The van der Waals surface area contributed by atoms with Gasteiger partial charge in [-0.2, -0.15) is 0 Å². The van der Waals surface area contributed by atoms with Crippen LogP contribution >= 0.6 is 11.8 Å². The van der Waals surface area contributed by atoms with E-state index in [-0.39, 0.29) is 35.7 Å². The van der Waals surface area contributed by atoms with Gasteiger partial charge in [0.2, 0.25) is 5.91 Å². The third kappa shape index (κ3) is 4.07. The zero-order chi connectivity index (χ0) is 16.3. The first-order valence-corrected chi connectivity index (χ1v) is 7.68. The van der Waals surface area contributed by atoms with Gasteiger partial charge in [-0.05, 0) is 17.7 Å². The van der Waals surface area contributed by atoms with Crippen molar-refractivity contribution in [3.63, 3.8) is 0 Å². The molecule has 1 N–H and O–H groups in total. The summed E-state index contributed by atoms with van der Waals surface area (Å²) < 4.78 is 12.9. The minimum Gasteiger partial charge on any atom is -0.480 e. The number of hydrogen-bond donors (Lipinski definition) is 1. The van der Waals surface area contributed by atoms with Crippen LogP contribution in [0.1, 0.15) is 18.9 Å². The van der Waals surface area contributed by atoms with E-state index in [0.29, 0.717) is 5.56 Å². The van der Waals surface area contributed by atoms with Crippen LogP contribution in [0.3, 0.4) is 0 Å². The van der Waals surface area contributed by atoms with E-state index in [4.69, 9.17) is 0 Å². The summed E-state index contributed by atoms with van der Waals surface area (Å²) in [5.74, 6) is -1.77. The molecule has 2 atom stereocenters. The Balaban J connectivity index is 2.11. The number of benzene rings is 1. The summed E-state index contributed by atoms with van der Waals surface area (Å²) in [6, 6.07) is 4.53. The van der Waals surface area contributed by atoms with Crippen LogP contribution in [0.15, 0.2) is 24.3 Å². The van der Waals surface area contributed by atoms with E-state index >= 15 is 0 Å². The van der Waals surface area contributed by atoms with Gasteiger partial charge in [0, 0.05) is 31.6 Å². The van der Waals surface area contributed by atoms with Gasteiger partial charge in [-0.25, -0.2) is 9.18 Å². The number of carbonyl (C=O) groups is 3. The number of rotatable bonds is 5. The molecule has 1 aromatic carbocycles. The highest BCUT2D eigenvalue weighted by Gasteiger charge is 2.38. The molecule has 1 saturated heterocycles. The normalized spacial score (nSPS) is 19.3. The van der Waals surface area contributed by atoms with Gasteiger partial charge >= 0.3 is 5.97 Å². The van der Waals surface area contributed by atoms with Crippen LogP contribution in [0, 0.1) is 5.82 Å². The fourth-order valence-electron chi connectivity index (χ4n) is 2.49. The lowest BCUT2D eigenvalue weighted by molar-refractivity contribution is -0.148. The van der Waals surface area contributed by atoms with Crippen molar-refractivity contribution in [2.75, 3.05) is 6.54 Å². The number of nitrogens with zero attached hydrogens (tertiary/aromatic N) is 1. The number of likely N-dealkylation sites (tertiary alicyclic amines) is 1. The van der Waals surface area contributed by atoms with Gasteiger partial charge in [0.25, 0.3) is 0 Å². The Hall–Kier alpha value is -1.89. The largest absolute Gasteiger partial charge is 0.480 e. The molecule has 22 heavy (non-hydrogen) atoms. The highest BCUT2D eigenvalue weighted by molar-refractivity contribution is 8.14. The molecule has 118 valence electrons. The standard InChI is InChI=1S/C15H16FNO4S/c1-9(18)22-12-7-14(19)17(8-12)13(15(20)21)6-10-2-4-11(16)5-3-10/h2-5,12-13H,6-8H2,1H3,(H,20,21). The maximum Gasteiger partial charge on any atom is 0.326 e. The highest BCUT2D eigenvalue weighted by atomic mass is 32.2. The molecule has 0 aromatic heterocycles. The third-order valence-corrected chi connectivity index (χ3v) is 4.44. The van der Waals surface area contributed by atoms with E-state index in [1.165, 1.54) is 36.1 Å². The summed E-state index contributed by atoms with van der Waals surface area (Å²) in [7, 11) is 0. The quantitative estimate of drug-likeness (QED) is 0.892. The molecule has 0 saturated carbocycles.